The molecule has 1 aliphatic heterocycles. The topological polar surface area (TPSA) is 88.8 Å². The lowest BCUT2D eigenvalue weighted by Crippen LogP contribution is -2.32. The quantitative estimate of drug-likeness (QED) is 0.474. The first-order valence-corrected chi connectivity index (χ1v) is 11.1. The molecule has 0 saturated carbocycles. The van der Waals surface area contributed by atoms with Crippen molar-refractivity contribution in [3.63, 3.8) is 0 Å². The van der Waals surface area contributed by atoms with Gasteiger partial charge in [-0.25, -0.2) is 0 Å². The predicted molar refractivity (Wildman–Crippen MR) is 124 cm³/mol. The second kappa shape index (κ2) is 9.41. The number of carbonyl (C=O) groups excluding carboxylic acids is 2. The van der Waals surface area contributed by atoms with E-state index in [4.69, 9.17) is 14.5 Å². The molecule has 168 valence electrons. The summed E-state index contributed by atoms with van der Waals surface area (Å²) in [6, 6.07) is 17.6. The molecule has 0 bridgehead atoms. The van der Waals surface area contributed by atoms with Crippen LogP contribution in [0, 0.1) is 17.2 Å². The van der Waals surface area contributed by atoms with Gasteiger partial charge in [0.2, 0.25) is 0 Å². The molecular weight excluding hydrogens is 416 g/mol. The highest BCUT2D eigenvalue weighted by atomic mass is 16.6. The fourth-order valence-electron chi connectivity index (χ4n) is 4.77. The zero-order valence-corrected chi connectivity index (χ0v) is 19.0. The first kappa shape index (κ1) is 22.5. The van der Waals surface area contributed by atoms with Gasteiger partial charge in [0.05, 0.1) is 18.6 Å². The number of esters is 1. The van der Waals surface area contributed by atoms with E-state index in [-0.39, 0.29) is 11.7 Å². The molecule has 0 amide bonds. The first-order chi connectivity index (χ1) is 15.9. The summed E-state index contributed by atoms with van der Waals surface area (Å²) >= 11 is 0. The molecule has 1 unspecified atom stereocenters. The molecule has 33 heavy (non-hydrogen) atoms. The van der Waals surface area contributed by atoms with Crippen molar-refractivity contribution in [1.29, 1.82) is 5.26 Å². The maximum absolute atomic E-state index is 13.5. The summed E-state index contributed by atoms with van der Waals surface area (Å²) in [6.07, 6.45) is 1.04. The van der Waals surface area contributed by atoms with Gasteiger partial charge >= 0.3 is 5.97 Å². The molecule has 1 aliphatic carbocycles. The molecule has 2 aromatic rings. The molecule has 0 radical (unpaired) electrons. The summed E-state index contributed by atoms with van der Waals surface area (Å²) in [6.45, 7) is 5.40. The van der Waals surface area contributed by atoms with E-state index in [1.807, 2.05) is 44.2 Å². The van der Waals surface area contributed by atoms with Gasteiger partial charge in [-0.2, -0.15) is 5.26 Å². The van der Waals surface area contributed by atoms with Crippen LogP contribution in [0.25, 0.3) is 0 Å². The van der Waals surface area contributed by atoms with Gasteiger partial charge in [0.25, 0.3) is 0 Å². The zero-order valence-electron chi connectivity index (χ0n) is 19.0. The Morgan fingerprint density at radius 2 is 1.88 bits per heavy atom. The Morgan fingerprint density at radius 3 is 2.55 bits per heavy atom. The summed E-state index contributed by atoms with van der Waals surface area (Å²) < 4.78 is 11.0. The minimum absolute atomic E-state index is 0.0219. The molecule has 4 rings (SSSR count). The van der Waals surface area contributed by atoms with Gasteiger partial charge in [-0.1, -0.05) is 36.4 Å². The van der Waals surface area contributed by atoms with Crippen molar-refractivity contribution < 1.29 is 19.1 Å². The van der Waals surface area contributed by atoms with Crippen molar-refractivity contribution in [2.24, 2.45) is 10.9 Å². The SMILES string of the molecule is CCOc1cc([C@H]2C3=C(C[C@H](c4ccccc4)CC3=O)N=C(C)C2C#N)ccc1OC(C)=O. The van der Waals surface area contributed by atoms with Gasteiger partial charge in [-0.3, -0.25) is 14.6 Å². The Hall–Kier alpha value is -3.72. The van der Waals surface area contributed by atoms with Gasteiger partial charge < -0.3 is 9.47 Å². The lowest BCUT2D eigenvalue weighted by atomic mass is 9.69. The molecule has 0 spiro atoms. The first-order valence-electron chi connectivity index (χ1n) is 11.1. The van der Waals surface area contributed by atoms with Crippen molar-refractivity contribution in [3.05, 3.63) is 70.9 Å². The summed E-state index contributed by atoms with van der Waals surface area (Å²) in [5, 5.41) is 9.98. The smallest absolute Gasteiger partial charge is 0.308 e. The van der Waals surface area contributed by atoms with Crippen LogP contribution in [0.4, 0.5) is 0 Å². The maximum atomic E-state index is 13.5. The number of Topliss-reactive ketones (excluding diaryl/α,β-unsaturated/α-hetero) is 1. The largest absolute Gasteiger partial charge is 0.490 e. The molecule has 6 heteroatoms. The van der Waals surface area contributed by atoms with Gasteiger partial charge in [-0.15, -0.1) is 0 Å². The highest BCUT2D eigenvalue weighted by Gasteiger charge is 2.41. The Kier molecular flexibility index (Phi) is 6.41. The Bertz CT molecular complexity index is 1190. The normalized spacial score (nSPS) is 22.2. The average molecular weight is 443 g/mol. The Balaban J connectivity index is 1.79. The van der Waals surface area contributed by atoms with E-state index in [9.17, 15) is 14.9 Å². The summed E-state index contributed by atoms with van der Waals surface area (Å²) in [7, 11) is 0. The summed E-state index contributed by atoms with van der Waals surface area (Å²) in [5.41, 5.74) is 3.96. The van der Waals surface area contributed by atoms with Gasteiger partial charge in [-0.05, 0) is 49.4 Å². The van der Waals surface area contributed by atoms with Crippen LogP contribution >= 0.6 is 0 Å². The van der Waals surface area contributed by atoms with Crippen molar-refractivity contribution in [2.45, 2.75) is 45.4 Å². The molecule has 2 aliphatic rings. The van der Waals surface area contributed by atoms with Gasteiger partial charge in [0.15, 0.2) is 17.3 Å². The molecule has 6 nitrogen and oxygen atoms in total. The van der Waals surface area contributed by atoms with Crippen LogP contribution < -0.4 is 9.47 Å². The van der Waals surface area contributed by atoms with E-state index in [1.165, 1.54) is 6.92 Å². The van der Waals surface area contributed by atoms with Crippen LogP contribution in [-0.4, -0.2) is 24.1 Å². The molecule has 3 atom stereocenters. The summed E-state index contributed by atoms with van der Waals surface area (Å²) in [4.78, 5) is 29.7. The highest BCUT2D eigenvalue weighted by molar-refractivity contribution is 6.03. The minimum atomic E-state index is -0.560. The molecule has 0 fully saturated rings. The second-order valence-electron chi connectivity index (χ2n) is 8.37. The van der Waals surface area contributed by atoms with Crippen LogP contribution in [-0.2, 0) is 9.59 Å². The highest BCUT2D eigenvalue weighted by Crippen LogP contribution is 2.47. The van der Waals surface area contributed by atoms with Crippen LogP contribution in [0.15, 0.2) is 64.8 Å². The number of ketones is 1. The van der Waals surface area contributed by atoms with Crippen molar-refractivity contribution in [1.82, 2.24) is 0 Å². The monoisotopic (exact) mass is 442 g/mol. The van der Waals surface area contributed by atoms with Crippen molar-refractivity contribution in [3.8, 4) is 17.6 Å². The Morgan fingerprint density at radius 1 is 1.12 bits per heavy atom. The molecule has 2 aromatic carbocycles. The van der Waals surface area contributed by atoms with Crippen LogP contribution in [0.5, 0.6) is 11.5 Å². The third kappa shape index (κ3) is 4.45. The van der Waals surface area contributed by atoms with E-state index in [0.29, 0.717) is 42.2 Å². The number of allylic oxidation sites excluding steroid dienone is 2. The van der Waals surface area contributed by atoms with Crippen molar-refractivity contribution in [2.75, 3.05) is 6.61 Å². The number of nitrogens with zero attached hydrogens (tertiary/aromatic N) is 2. The molecular formula is C27H26N2O4. The second-order valence-corrected chi connectivity index (χ2v) is 8.37. The third-order valence-corrected chi connectivity index (χ3v) is 6.18. The lowest BCUT2D eigenvalue weighted by Gasteiger charge is -2.35. The number of hydrogen-bond acceptors (Lipinski definition) is 6. The van der Waals surface area contributed by atoms with E-state index in [2.05, 4.69) is 6.07 Å². The number of carbonyl (C=O) groups is 2. The van der Waals surface area contributed by atoms with Crippen LogP contribution in [0.1, 0.15) is 56.6 Å². The van der Waals surface area contributed by atoms with Gasteiger partial charge in [0, 0.05) is 36.2 Å². The van der Waals surface area contributed by atoms with E-state index < -0.39 is 17.8 Å². The maximum Gasteiger partial charge on any atom is 0.308 e. The number of aliphatic imine (C=N–C) groups is 1. The molecule has 1 heterocycles. The standard InChI is InChI=1S/C27H26N2O4/c1-4-32-25-14-19(10-11-24(25)33-17(3)30)26-21(15-28)16(2)29-22-12-20(13-23(31)27(22)26)18-8-6-5-7-9-18/h5-11,14,20-21,26H,4,12-13H2,1-3H3/t20-,21?,26+/m0/s1. The Labute approximate surface area is 193 Å². The van der Waals surface area contributed by atoms with E-state index >= 15 is 0 Å². The molecule has 0 N–H and O–H groups in total. The van der Waals surface area contributed by atoms with E-state index in [1.54, 1.807) is 18.2 Å². The number of hydrogen-bond donors (Lipinski definition) is 0. The number of nitriles is 1. The fourth-order valence-corrected chi connectivity index (χ4v) is 4.77. The number of benzene rings is 2. The fraction of sp³-hybridized carbons (Fsp3) is 0.333. The number of ether oxygens (including phenoxy) is 2. The minimum Gasteiger partial charge on any atom is -0.490 e. The van der Waals surface area contributed by atoms with Gasteiger partial charge in [0.1, 0.15) is 0 Å². The average Bonchev–Trinajstić information content (AvgIpc) is 2.79. The predicted octanol–water partition coefficient (Wildman–Crippen LogP) is 5.11. The van der Waals surface area contributed by atoms with E-state index in [0.717, 1.165) is 16.8 Å². The summed E-state index contributed by atoms with van der Waals surface area (Å²) in [5.74, 6) is -0.635. The van der Waals surface area contributed by atoms with Crippen LogP contribution in [0.2, 0.25) is 0 Å². The van der Waals surface area contributed by atoms with Crippen molar-refractivity contribution >= 4 is 17.5 Å². The number of rotatable bonds is 5. The zero-order chi connectivity index (χ0) is 23.5. The lowest BCUT2D eigenvalue weighted by molar-refractivity contribution is -0.132. The molecule has 0 aromatic heterocycles. The third-order valence-electron chi connectivity index (χ3n) is 6.18. The molecule has 0 saturated heterocycles. The van der Waals surface area contributed by atoms with Crippen LogP contribution in [0.3, 0.4) is 0 Å².